The van der Waals surface area contributed by atoms with Crippen molar-refractivity contribution in [3.8, 4) is 0 Å². The maximum absolute atomic E-state index is 4.58. The van der Waals surface area contributed by atoms with E-state index in [9.17, 15) is 0 Å². The second-order valence-corrected chi connectivity index (χ2v) is 14.2. The third-order valence-corrected chi connectivity index (χ3v) is 9.14. The summed E-state index contributed by atoms with van der Waals surface area (Å²) in [5.74, 6) is 0. The van der Waals surface area contributed by atoms with Gasteiger partial charge in [-0.3, -0.25) is 0 Å². The minimum absolute atomic E-state index is 0.500. The summed E-state index contributed by atoms with van der Waals surface area (Å²) in [4.78, 5) is 2.18. The van der Waals surface area contributed by atoms with Crippen molar-refractivity contribution in [2.24, 2.45) is 0 Å². The summed E-state index contributed by atoms with van der Waals surface area (Å²) in [5.41, 5.74) is 1.09. The van der Waals surface area contributed by atoms with Gasteiger partial charge in [0.1, 0.15) is 0 Å². The summed E-state index contributed by atoms with van der Waals surface area (Å²) in [6.45, 7) is 5.41. The van der Waals surface area contributed by atoms with Crippen LogP contribution in [-0.2, 0) is 6.54 Å². The highest BCUT2D eigenvalue weighted by atomic mass is 15.4. The van der Waals surface area contributed by atoms with Gasteiger partial charge < -0.3 is 4.90 Å². The zero-order valence-corrected chi connectivity index (χ0v) is 31.9. The second kappa shape index (κ2) is 33.9. The van der Waals surface area contributed by atoms with E-state index in [0.29, 0.717) is 6.04 Å². The molecule has 47 heavy (non-hydrogen) atoms. The van der Waals surface area contributed by atoms with Crippen LogP contribution in [0.15, 0.2) is 54.8 Å². The predicted molar refractivity (Wildman–Crippen MR) is 209 cm³/mol. The highest BCUT2D eigenvalue weighted by molar-refractivity contribution is 4.94. The Morgan fingerprint density at radius 2 is 0.915 bits per heavy atom. The lowest BCUT2D eigenvalue weighted by Crippen LogP contribution is -2.11. The molecule has 0 saturated heterocycles. The van der Waals surface area contributed by atoms with Crippen LogP contribution in [0, 0.1) is 0 Å². The Kier molecular flexibility index (Phi) is 31.1. The van der Waals surface area contributed by atoms with E-state index in [2.05, 4.69) is 103 Å². The molecule has 1 rings (SSSR count). The Balaban J connectivity index is 2.17. The minimum Gasteiger partial charge on any atom is -0.303 e. The van der Waals surface area contributed by atoms with Gasteiger partial charge in [-0.1, -0.05) is 164 Å². The fraction of sp³-hybridized carbons (Fsp3) is 0.767. The van der Waals surface area contributed by atoms with Crippen LogP contribution in [0.4, 0.5) is 0 Å². The normalized spacial score (nSPS) is 13.1. The summed E-state index contributed by atoms with van der Waals surface area (Å²) in [7, 11) is 4.21. The van der Waals surface area contributed by atoms with Crippen molar-refractivity contribution < 1.29 is 0 Å². The molecule has 1 atom stereocenters. The van der Waals surface area contributed by atoms with Gasteiger partial charge in [0.15, 0.2) is 0 Å². The quantitative estimate of drug-likeness (QED) is 0.0550. The molecule has 0 radical (unpaired) electrons. The van der Waals surface area contributed by atoms with E-state index >= 15 is 0 Å². The van der Waals surface area contributed by atoms with Crippen molar-refractivity contribution in [3.63, 3.8) is 0 Å². The molecule has 0 amide bonds. The molecule has 270 valence electrons. The van der Waals surface area contributed by atoms with Gasteiger partial charge in [-0.05, 0) is 91.1 Å². The molecule has 0 spiro atoms. The second-order valence-electron chi connectivity index (χ2n) is 14.2. The Morgan fingerprint density at radius 1 is 0.532 bits per heavy atom. The van der Waals surface area contributed by atoms with E-state index in [4.69, 9.17) is 0 Å². The largest absolute Gasteiger partial charge is 0.303 e. The predicted octanol–water partition coefficient (Wildman–Crippen LogP) is 13.7. The molecule has 1 heterocycles. The third kappa shape index (κ3) is 28.8. The number of hydrogen-bond acceptors (Lipinski definition) is 3. The maximum Gasteiger partial charge on any atom is 0.0967 e. The molecule has 1 aromatic heterocycles. The maximum atomic E-state index is 4.58. The molecule has 4 nitrogen and oxygen atoms in total. The van der Waals surface area contributed by atoms with E-state index in [1.807, 2.05) is 0 Å². The molecule has 4 heteroatoms. The topological polar surface area (TPSA) is 34.0 Å². The lowest BCUT2D eigenvalue weighted by Gasteiger charge is -2.17. The van der Waals surface area contributed by atoms with Gasteiger partial charge in [-0.2, -0.15) is 0 Å². The molecule has 0 aliphatic carbocycles. The zero-order chi connectivity index (χ0) is 33.9. The van der Waals surface area contributed by atoms with Crippen molar-refractivity contribution in [2.45, 2.75) is 200 Å². The first-order valence-corrected chi connectivity index (χ1v) is 20.3. The fourth-order valence-corrected chi connectivity index (χ4v) is 6.21. The lowest BCUT2D eigenvalue weighted by atomic mass is 10.00. The Bertz CT molecular complexity index is 893. The standard InChI is InChI=1S/C43H78N4/c1-5-7-9-11-13-15-17-19-21-23-25-27-29-31-33-35-37-39-43(47-41-42(44-45-47)40-46(3)4)38-36-34-32-30-28-26-24-22-20-18-16-14-12-10-8-6-2/h14-17,20-23,41,43H,5-13,18-19,24-40H2,1-4H3/b16-14+,17-15+,22-20+,23-21+. The zero-order valence-electron chi connectivity index (χ0n) is 31.9. The molecule has 1 aromatic rings. The fourth-order valence-electron chi connectivity index (χ4n) is 6.21. The summed E-state index contributed by atoms with van der Waals surface area (Å²) >= 11 is 0. The van der Waals surface area contributed by atoms with Crippen molar-refractivity contribution >= 4 is 0 Å². The molecule has 0 bridgehead atoms. The van der Waals surface area contributed by atoms with Crippen LogP contribution in [0.25, 0.3) is 0 Å². The molecule has 1 unspecified atom stereocenters. The lowest BCUT2D eigenvalue weighted by molar-refractivity contribution is 0.359. The summed E-state index contributed by atoms with van der Waals surface area (Å²) in [6, 6.07) is 0.500. The first-order chi connectivity index (χ1) is 23.2. The van der Waals surface area contributed by atoms with Gasteiger partial charge in [-0.15, -0.1) is 5.10 Å². The van der Waals surface area contributed by atoms with Gasteiger partial charge in [0.2, 0.25) is 0 Å². The van der Waals surface area contributed by atoms with Gasteiger partial charge >= 0.3 is 0 Å². The number of unbranched alkanes of at least 4 members (excludes halogenated alkanes) is 19. The number of hydrogen-bond donors (Lipinski definition) is 0. The average molecular weight is 651 g/mol. The van der Waals surface area contributed by atoms with Crippen LogP contribution >= 0.6 is 0 Å². The molecule has 0 aromatic carbocycles. The first-order valence-electron chi connectivity index (χ1n) is 20.3. The van der Waals surface area contributed by atoms with Crippen LogP contribution in [0.3, 0.4) is 0 Å². The summed E-state index contributed by atoms with van der Waals surface area (Å²) in [6.07, 6.45) is 56.4. The Morgan fingerprint density at radius 3 is 1.36 bits per heavy atom. The molecule has 0 fully saturated rings. The van der Waals surface area contributed by atoms with Crippen LogP contribution in [0.5, 0.6) is 0 Å². The number of allylic oxidation sites excluding steroid dienone is 8. The smallest absolute Gasteiger partial charge is 0.0967 e. The van der Waals surface area contributed by atoms with Gasteiger partial charge in [-0.25, -0.2) is 4.68 Å². The molecule has 0 N–H and O–H groups in total. The molecule has 0 aliphatic rings. The van der Waals surface area contributed by atoms with Crippen LogP contribution in [0.2, 0.25) is 0 Å². The van der Waals surface area contributed by atoms with Crippen LogP contribution < -0.4 is 0 Å². The van der Waals surface area contributed by atoms with E-state index in [-0.39, 0.29) is 0 Å². The van der Waals surface area contributed by atoms with Crippen molar-refractivity contribution in [1.82, 2.24) is 19.9 Å². The Hall–Kier alpha value is -1.94. The van der Waals surface area contributed by atoms with E-state index < -0.39 is 0 Å². The minimum atomic E-state index is 0.500. The number of aromatic nitrogens is 3. The van der Waals surface area contributed by atoms with Crippen LogP contribution in [0.1, 0.15) is 199 Å². The van der Waals surface area contributed by atoms with Gasteiger partial charge in [0, 0.05) is 6.54 Å². The highest BCUT2D eigenvalue weighted by Crippen LogP contribution is 2.24. The van der Waals surface area contributed by atoms with E-state index in [1.165, 1.54) is 161 Å². The highest BCUT2D eigenvalue weighted by Gasteiger charge is 2.13. The monoisotopic (exact) mass is 651 g/mol. The van der Waals surface area contributed by atoms with E-state index in [0.717, 1.165) is 25.1 Å². The molecule has 0 aliphatic heterocycles. The number of nitrogens with zero attached hydrogens (tertiary/aromatic N) is 4. The first kappa shape index (κ1) is 43.1. The van der Waals surface area contributed by atoms with Crippen molar-refractivity contribution in [2.75, 3.05) is 14.1 Å². The Labute approximate surface area is 293 Å². The van der Waals surface area contributed by atoms with Crippen LogP contribution in [-0.4, -0.2) is 34.0 Å². The number of rotatable bonds is 34. The van der Waals surface area contributed by atoms with Crippen molar-refractivity contribution in [1.29, 1.82) is 0 Å². The SMILES string of the molecule is CCCCC/C=C/C/C=C/CCCCCCCCC(CCCCCCCC/C=C/C/C=C/CCCCCC)n1cc(CN(C)C)nn1. The molecule has 0 saturated carbocycles. The third-order valence-electron chi connectivity index (χ3n) is 9.14. The average Bonchev–Trinajstić information content (AvgIpc) is 3.52. The van der Waals surface area contributed by atoms with Crippen molar-refractivity contribution in [3.05, 3.63) is 60.5 Å². The van der Waals surface area contributed by atoms with Gasteiger partial charge in [0.05, 0.1) is 17.9 Å². The summed E-state index contributed by atoms with van der Waals surface area (Å²) in [5, 5.41) is 9.06. The summed E-state index contributed by atoms with van der Waals surface area (Å²) < 4.78 is 2.19. The molecular formula is C43H78N4. The van der Waals surface area contributed by atoms with Gasteiger partial charge in [0.25, 0.3) is 0 Å². The van der Waals surface area contributed by atoms with E-state index in [1.54, 1.807) is 0 Å². The molecular weight excluding hydrogens is 573 g/mol.